The van der Waals surface area contributed by atoms with Gasteiger partial charge in [0, 0.05) is 14.2 Å². The van der Waals surface area contributed by atoms with Crippen LogP contribution in [-0.4, -0.2) is 20.1 Å². The Morgan fingerprint density at radius 3 is 2.61 bits per heavy atom. The third-order valence-corrected chi connectivity index (χ3v) is 3.78. The molecule has 23 heavy (non-hydrogen) atoms. The van der Waals surface area contributed by atoms with Gasteiger partial charge in [-0.15, -0.1) is 0 Å². The molecule has 0 aliphatic rings. The molecule has 2 aromatic rings. The van der Waals surface area contributed by atoms with E-state index in [9.17, 15) is 4.79 Å². The van der Waals surface area contributed by atoms with Gasteiger partial charge in [-0.2, -0.15) is 0 Å². The topological polar surface area (TPSA) is 47.6 Å². The number of nitrogens with one attached hydrogen (secondary N) is 1. The van der Waals surface area contributed by atoms with Gasteiger partial charge in [0.1, 0.15) is 12.4 Å². The van der Waals surface area contributed by atoms with E-state index in [4.69, 9.17) is 9.47 Å². The van der Waals surface area contributed by atoms with Crippen molar-refractivity contribution in [3.8, 4) is 5.75 Å². The predicted molar refractivity (Wildman–Crippen MR) is 90.5 cm³/mol. The summed E-state index contributed by atoms with van der Waals surface area (Å²) in [5, 5.41) is 2.63. The standard InChI is InChI=1S/C19H23NO3/c1-13-9-10-14(2)17(11-13)23-12-15-7-5-6-8-16(15)18(22-4)19(21)20-3/h5-11,18H,12H2,1-4H3,(H,20,21)/t18-/m1/s1. The predicted octanol–water partition coefficient (Wildman–Crippen LogP) is 3.32. The fraction of sp³-hybridized carbons (Fsp3) is 0.316. The Labute approximate surface area is 137 Å². The molecular formula is C19H23NO3. The molecule has 0 aliphatic heterocycles. The van der Waals surface area contributed by atoms with Crippen molar-refractivity contribution in [3.05, 3.63) is 64.7 Å². The Hall–Kier alpha value is -2.33. The molecule has 4 heteroatoms. The van der Waals surface area contributed by atoms with Crippen molar-refractivity contribution < 1.29 is 14.3 Å². The normalized spacial score (nSPS) is 11.8. The lowest BCUT2D eigenvalue weighted by Crippen LogP contribution is -2.27. The van der Waals surface area contributed by atoms with Crippen LogP contribution in [0.4, 0.5) is 0 Å². The van der Waals surface area contributed by atoms with E-state index in [0.717, 1.165) is 28.0 Å². The fourth-order valence-corrected chi connectivity index (χ4v) is 2.45. The molecule has 2 rings (SSSR count). The first-order valence-corrected chi connectivity index (χ1v) is 7.59. The lowest BCUT2D eigenvalue weighted by atomic mass is 10.0. The molecular weight excluding hydrogens is 290 g/mol. The summed E-state index contributed by atoms with van der Waals surface area (Å²) in [7, 11) is 3.13. The van der Waals surface area contributed by atoms with Gasteiger partial charge in [0.15, 0.2) is 6.10 Å². The average Bonchev–Trinajstić information content (AvgIpc) is 2.57. The van der Waals surface area contributed by atoms with Crippen molar-refractivity contribution in [1.29, 1.82) is 0 Å². The second-order valence-corrected chi connectivity index (χ2v) is 5.49. The largest absolute Gasteiger partial charge is 0.489 e. The smallest absolute Gasteiger partial charge is 0.253 e. The highest BCUT2D eigenvalue weighted by Crippen LogP contribution is 2.25. The van der Waals surface area contributed by atoms with E-state index < -0.39 is 6.10 Å². The van der Waals surface area contributed by atoms with Crippen molar-refractivity contribution in [2.24, 2.45) is 0 Å². The minimum absolute atomic E-state index is 0.174. The number of carbonyl (C=O) groups excluding carboxylic acids is 1. The van der Waals surface area contributed by atoms with Crippen LogP contribution in [-0.2, 0) is 16.1 Å². The third kappa shape index (κ3) is 4.11. The summed E-state index contributed by atoms with van der Waals surface area (Å²) in [6.07, 6.45) is -0.640. The quantitative estimate of drug-likeness (QED) is 0.890. The van der Waals surface area contributed by atoms with E-state index in [2.05, 4.69) is 11.4 Å². The molecule has 0 heterocycles. The van der Waals surface area contributed by atoms with Crippen LogP contribution in [0.1, 0.15) is 28.4 Å². The van der Waals surface area contributed by atoms with Crippen molar-refractivity contribution in [3.63, 3.8) is 0 Å². The SMILES string of the molecule is CNC(=O)[C@H](OC)c1ccccc1COc1cc(C)ccc1C. The van der Waals surface area contributed by atoms with Crippen molar-refractivity contribution >= 4 is 5.91 Å². The van der Waals surface area contributed by atoms with Crippen molar-refractivity contribution in [2.45, 2.75) is 26.6 Å². The van der Waals surface area contributed by atoms with E-state index in [0.29, 0.717) is 6.61 Å². The minimum Gasteiger partial charge on any atom is -0.489 e. The van der Waals surface area contributed by atoms with Crippen LogP contribution in [0.2, 0.25) is 0 Å². The van der Waals surface area contributed by atoms with E-state index in [1.165, 1.54) is 7.11 Å². The molecule has 0 aromatic heterocycles. The van der Waals surface area contributed by atoms with Crippen LogP contribution < -0.4 is 10.1 Å². The van der Waals surface area contributed by atoms with Gasteiger partial charge in [0.25, 0.3) is 5.91 Å². The molecule has 0 fully saturated rings. The molecule has 122 valence electrons. The maximum Gasteiger partial charge on any atom is 0.253 e. The second-order valence-electron chi connectivity index (χ2n) is 5.49. The van der Waals surface area contributed by atoms with Crippen molar-refractivity contribution in [2.75, 3.05) is 14.2 Å². The van der Waals surface area contributed by atoms with Gasteiger partial charge in [-0.3, -0.25) is 4.79 Å². The van der Waals surface area contributed by atoms with E-state index >= 15 is 0 Å². The summed E-state index contributed by atoms with van der Waals surface area (Å²) in [6.45, 7) is 4.44. The first-order valence-electron chi connectivity index (χ1n) is 7.59. The lowest BCUT2D eigenvalue weighted by molar-refractivity contribution is -0.130. The first-order chi connectivity index (χ1) is 11.1. The van der Waals surface area contributed by atoms with E-state index in [1.807, 2.05) is 50.2 Å². The zero-order valence-electron chi connectivity index (χ0n) is 14.1. The third-order valence-electron chi connectivity index (χ3n) is 3.78. The first kappa shape index (κ1) is 17.0. The number of hydrogen-bond donors (Lipinski definition) is 1. The van der Waals surface area contributed by atoms with Crippen LogP contribution in [0.3, 0.4) is 0 Å². The number of likely N-dealkylation sites (N-methyl/N-ethyl adjacent to an activating group) is 1. The summed E-state index contributed by atoms with van der Waals surface area (Å²) in [4.78, 5) is 12.0. The van der Waals surface area contributed by atoms with E-state index in [1.54, 1.807) is 7.05 Å². The Morgan fingerprint density at radius 2 is 1.91 bits per heavy atom. The monoisotopic (exact) mass is 313 g/mol. The molecule has 0 spiro atoms. The molecule has 1 N–H and O–H groups in total. The molecule has 1 amide bonds. The molecule has 0 bridgehead atoms. The number of benzene rings is 2. The number of ether oxygens (including phenoxy) is 2. The fourth-order valence-electron chi connectivity index (χ4n) is 2.45. The Morgan fingerprint density at radius 1 is 1.17 bits per heavy atom. The molecule has 1 atom stereocenters. The second kappa shape index (κ2) is 7.79. The van der Waals surface area contributed by atoms with Crippen LogP contribution in [0, 0.1) is 13.8 Å². The highest BCUT2D eigenvalue weighted by Gasteiger charge is 2.21. The summed E-state index contributed by atoms with van der Waals surface area (Å²) in [5.41, 5.74) is 3.99. The minimum atomic E-state index is -0.640. The van der Waals surface area contributed by atoms with Crippen LogP contribution in [0.15, 0.2) is 42.5 Å². The summed E-state index contributed by atoms with van der Waals surface area (Å²) in [6, 6.07) is 13.8. The molecule has 0 saturated heterocycles. The maximum absolute atomic E-state index is 12.0. The van der Waals surface area contributed by atoms with Gasteiger partial charge in [-0.1, -0.05) is 36.4 Å². The Bertz CT molecular complexity index is 682. The van der Waals surface area contributed by atoms with Crippen LogP contribution >= 0.6 is 0 Å². The molecule has 2 aromatic carbocycles. The number of methoxy groups -OCH3 is 1. The number of carbonyl (C=O) groups is 1. The zero-order valence-corrected chi connectivity index (χ0v) is 14.1. The Kier molecular flexibility index (Phi) is 5.77. The zero-order chi connectivity index (χ0) is 16.8. The van der Waals surface area contributed by atoms with Gasteiger partial charge in [-0.25, -0.2) is 0 Å². The van der Waals surface area contributed by atoms with Gasteiger partial charge in [-0.05, 0) is 42.2 Å². The average molecular weight is 313 g/mol. The lowest BCUT2D eigenvalue weighted by Gasteiger charge is -2.18. The molecule has 0 radical (unpaired) electrons. The summed E-state index contributed by atoms with van der Waals surface area (Å²) in [5.74, 6) is 0.681. The van der Waals surface area contributed by atoms with E-state index in [-0.39, 0.29) is 5.91 Å². The highest BCUT2D eigenvalue weighted by molar-refractivity contribution is 5.82. The Balaban J connectivity index is 2.23. The molecule has 4 nitrogen and oxygen atoms in total. The van der Waals surface area contributed by atoms with Crippen molar-refractivity contribution in [1.82, 2.24) is 5.32 Å². The van der Waals surface area contributed by atoms with Crippen LogP contribution in [0.25, 0.3) is 0 Å². The number of rotatable bonds is 6. The summed E-state index contributed by atoms with van der Waals surface area (Å²) < 4.78 is 11.3. The van der Waals surface area contributed by atoms with Gasteiger partial charge >= 0.3 is 0 Å². The maximum atomic E-state index is 12.0. The molecule has 0 unspecified atom stereocenters. The number of aryl methyl sites for hydroxylation is 2. The highest BCUT2D eigenvalue weighted by atomic mass is 16.5. The van der Waals surface area contributed by atoms with Crippen LogP contribution in [0.5, 0.6) is 5.75 Å². The van der Waals surface area contributed by atoms with Gasteiger partial charge in [0.05, 0.1) is 0 Å². The molecule has 0 saturated carbocycles. The molecule has 0 aliphatic carbocycles. The van der Waals surface area contributed by atoms with Gasteiger partial charge < -0.3 is 14.8 Å². The number of amides is 1. The summed E-state index contributed by atoms with van der Waals surface area (Å²) >= 11 is 0. The van der Waals surface area contributed by atoms with Gasteiger partial charge in [0.2, 0.25) is 0 Å². The number of hydrogen-bond acceptors (Lipinski definition) is 3.